The van der Waals surface area contributed by atoms with Gasteiger partial charge in [0.05, 0.1) is 24.5 Å². The number of benzene rings is 3. The number of nitrogens with zero attached hydrogens (tertiary/aromatic N) is 1. The van der Waals surface area contributed by atoms with E-state index >= 15 is 0 Å². The molecule has 4 aromatic rings. The highest BCUT2D eigenvalue weighted by Crippen LogP contribution is 2.32. The van der Waals surface area contributed by atoms with Crippen molar-refractivity contribution in [2.24, 2.45) is 0 Å². The lowest BCUT2D eigenvalue weighted by Crippen LogP contribution is -2.10. The number of aliphatic hydroxyl groups is 1. The Morgan fingerprint density at radius 3 is 2.13 bits per heavy atom. The van der Waals surface area contributed by atoms with E-state index in [2.05, 4.69) is 41.6 Å². The molecular formula is C26H25NO3. The van der Waals surface area contributed by atoms with Crippen molar-refractivity contribution in [2.75, 3.05) is 13.2 Å². The Bertz CT molecular complexity index is 1060. The highest BCUT2D eigenvalue weighted by molar-refractivity contribution is 5.69. The van der Waals surface area contributed by atoms with Gasteiger partial charge in [0.25, 0.3) is 0 Å². The third kappa shape index (κ3) is 4.67. The van der Waals surface area contributed by atoms with Crippen molar-refractivity contribution in [3.63, 3.8) is 0 Å². The third-order valence-electron chi connectivity index (χ3n) is 5.15. The highest BCUT2D eigenvalue weighted by Gasteiger charge is 2.22. The van der Waals surface area contributed by atoms with Gasteiger partial charge in [0.1, 0.15) is 6.10 Å². The standard InChI is InChI=1S/C26H25NO3/c1-19-25(24(28)18-29-17-16-20-8-4-2-5-9-20)26(30-27-19)23-14-12-22(13-15-23)21-10-6-3-7-11-21/h2-15,24,28H,16-18H2,1H3. The summed E-state index contributed by atoms with van der Waals surface area (Å²) in [5.74, 6) is 0.589. The molecule has 0 amide bonds. The van der Waals surface area contributed by atoms with Crippen LogP contribution in [-0.4, -0.2) is 23.5 Å². The van der Waals surface area contributed by atoms with Crippen LogP contribution in [0.15, 0.2) is 89.5 Å². The van der Waals surface area contributed by atoms with E-state index in [0.717, 1.165) is 23.1 Å². The molecule has 1 atom stereocenters. The number of rotatable bonds is 8. The van der Waals surface area contributed by atoms with E-state index in [1.54, 1.807) is 0 Å². The van der Waals surface area contributed by atoms with Gasteiger partial charge in [-0.05, 0) is 30.0 Å². The maximum Gasteiger partial charge on any atom is 0.173 e. The fraction of sp³-hybridized carbons (Fsp3) is 0.192. The summed E-state index contributed by atoms with van der Waals surface area (Å²) in [6, 6.07) is 28.5. The molecule has 0 spiro atoms. The Morgan fingerprint density at radius 1 is 0.833 bits per heavy atom. The molecule has 4 rings (SSSR count). The molecule has 4 heteroatoms. The topological polar surface area (TPSA) is 55.5 Å². The molecule has 1 unspecified atom stereocenters. The van der Waals surface area contributed by atoms with Crippen LogP contribution >= 0.6 is 0 Å². The van der Waals surface area contributed by atoms with Gasteiger partial charge in [-0.25, -0.2) is 0 Å². The molecule has 0 radical (unpaired) electrons. The van der Waals surface area contributed by atoms with Crippen LogP contribution in [0.3, 0.4) is 0 Å². The zero-order chi connectivity index (χ0) is 20.8. The van der Waals surface area contributed by atoms with Crippen molar-refractivity contribution in [1.82, 2.24) is 5.16 Å². The molecule has 152 valence electrons. The van der Waals surface area contributed by atoms with E-state index in [4.69, 9.17) is 9.26 Å². The maximum atomic E-state index is 10.7. The minimum Gasteiger partial charge on any atom is -0.386 e. The van der Waals surface area contributed by atoms with Crippen LogP contribution in [0.5, 0.6) is 0 Å². The Balaban J connectivity index is 1.43. The molecule has 1 aromatic heterocycles. The minimum atomic E-state index is -0.796. The van der Waals surface area contributed by atoms with Crippen molar-refractivity contribution >= 4 is 0 Å². The second kappa shape index (κ2) is 9.53. The van der Waals surface area contributed by atoms with E-state index in [1.165, 1.54) is 5.56 Å². The number of ether oxygens (including phenoxy) is 1. The van der Waals surface area contributed by atoms with Gasteiger partial charge >= 0.3 is 0 Å². The van der Waals surface area contributed by atoms with Crippen LogP contribution in [0.25, 0.3) is 22.5 Å². The summed E-state index contributed by atoms with van der Waals surface area (Å²) in [5, 5.41) is 14.8. The van der Waals surface area contributed by atoms with Crippen LogP contribution in [0.4, 0.5) is 0 Å². The monoisotopic (exact) mass is 399 g/mol. The fourth-order valence-electron chi connectivity index (χ4n) is 3.54. The van der Waals surface area contributed by atoms with Crippen LogP contribution in [0, 0.1) is 6.92 Å². The van der Waals surface area contributed by atoms with Gasteiger partial charge in [-0.3, -0.25) is 0 Å². The summed E-state index contributed by atoms with van der Waals surface area (Å²) >= 11 is 0. The van der Waals surface area contributed by atoms with Crippen molar-refractivity contribution < 1.29 is 14.4 Å². The lowest BCUT2D eigenvalue weighted by molar-refractivity contribution is 0.0372. The number of aromatic nitrogens is 1. The largest absolute Gasteiger partial charge is 0.386 e. The van der Waals surface area contributed by atoms with Gasteiger partial charge in [-0.1, -0.05) is 90.1 Å². The van der Waals surface area contributed by atoms with E-state index in [1.807, 2.05) is 55.5 Å². The van der Waals surface area contributed by atoms with Gasteiger partial charge in [-0.15, -0.1) is 0 Å². The predicted octanol–water partition coefficient (Wildman–Crippen LogP) is 5.61. The summed E-state index contributed by atoms with van der Waals surface area (Å²) in [7, 11) is 0. The Labute approximate surface area is 176 Å². The lowest BCUT2D eigenvalue weighted by Gasteiger charge is -2.12. The molecule has 0 fully saturated rings. The van der Waals surface area contributed by atoms with E-state index in [0.29, 0.717) is 23.6 Å². The van der Waals surface area contributed by atoms with E-state index in [9.17, 15) is 5.11 Å². The lowest BCUT2D eigenvalue weighted by atomic mass is 9.99. The predicted molar refractivity (Wildman–Crippen MR) is 118 cm³/mol. The number of hydrogen-bond acceptors (Lipinski definition) is 4. The van der Waals surface area contributed by atoms with E-state index < -0.39 is 6.10 Å². The molecule has 0 aliphatic heterocycles. The van der Waals surface area contributed by atoms with Gasteiger partial charge < -0.3 is 14.4 Å². The van der Waals surface area contributed by atoms with Gasteiger partial charge in [0, 0.05) is 5.56 Å². The Hall–Kier alpha value is -3.21. The average molecular weight is 399 g/mol. The maximum absolute atomic E-state index is 10.7. The Kier molecular flexibility index (Phi) is 6.38. The van der Waals surface area contributed by atoms with Gasteiger partial charge in [0.15, 0.2) is 5.76 Å². The van der Waals surface area contributed by atoms with Crippen molar-refractivity contribution in [3.05, 3.63) is 102 Å². The molecule has 0 aliphatic rings. The fourth-order valence-corrected chi connectivity index (χ4v) is 3.54. The minimum absolute atomic E-state index is 0.198. The number of aryl methyl sites for hydroxylation is 1. The second-order valence-electron chi connectivity index (χ2n) is 7.28. The summed E-state index contributed by atoms with van der Waals surface area (Å²) in [6.45, 7) is 2.59. The third-order valence-corrected chi connectivity index (χ3v) is 5.15. The molecular weight excluding hydrogens is 374 g/mol. The number of aliphatic hydroxyl groups excluding tert-OH is 1. The van der Waals surface area contributed by atoms with Crippen LogP contribution in [-0.2, 0) is 11.2 Å². The van der Waals surface area contributed by atoms with Crippen LogP contribution in [0.2, 0.25) is 0 Å². The zero-order valence-electron chi connectivity index (χ0n) is 17.0. The summed E-state index contributed by atoms with van der Waals surface area (Å²) in [5.41, 5.74) is 5.74. The first-order valence-electron chi connectivity index (χ1n) is 10.1. The number of hydrogen-bond donors (Lipinski definition) is 1. The van der Waals surface area contributed by atoms with Gasteiger partial charge in [0.2, 0.25) is 0 Å². The normalized spacial score (nSPS) is 12.1. The van der Waals surface area contributed by atoms with Crippen molar-refractivity contribution in [1.29, 1.82) is 0 Å². The second-order valence-corrected chi connectivity index (χ2v) is 7.28. The quantitative estimate of drug-likeness (QED) is 0.391. The molecule has 0 bridgehead atoms. The molecule has 3 aromatic carbocycles. The van der Waals surface area contributed by atoms with Crippen molar-refractivity contribution in [3.8, 4) is 22.5 Å². The molecule has 4 nitrogen and oxygen atoms in total. The summed E-state index contributed by atoms with van der Waals surface area (Å²) < 4.78 is 11.3. The molecule has 0 aliphatic carbocycles. The molecule has 0 saturated carbocycles. The van der Waals surface area contributed by atoms with Crippen molar-refractivity contribution in [2.45, 2.75) is 19.4 Å². The van der Waals surface area contributed by atoms with Crippen LogP contribution in [0.1, 0.15) is 22.9 Å². The van der Waals surface area contributed by atoms with E-state index in [-0.39, 0.29) is 6.61 Å². The van der Waals surface area contributed by atoms with Gasteiger partial charge in [-0.2, -0.15) is 0 Å². The highest BCUT2D eigenvalue weighted by atomic mass is 16.5. The SMILES string of the molecule is Cc1noc(-c2ccc(-c3ccccc3)cc2)c1C(O)COCCc1ccccc1. The Morgan fingerprint density at radius 2 is 1.43 bits per heavy atom. The molecule has 30 heavy (non-hydrogen) atoms. The smallest absolute Gasteiger partial charge is 0.173 e. The first kappa shape index (κ1) is 20.1. The average Bonchev–Trinajstić information content (AvgIpc) is 3.19. The van der Waals surface area contributed by atoms with Crippen LogP contribution < -0.4 is 0 Å². The zero-order valence-corrected chi connectivity index (χ0v) is 17.0. The molecule has 1 N–H and O–H groups in total. The summed E-state index contributed by atoms with van der Waals surface area (Å²) in [6.07, 6.45) is 0.0140. The summed E-state index contributed by atoms with van der Waals surface area (Å²) in [4.78, 5) is 0. The molecule has 1 heterocycles. The first-order chi connectivity index (χ1) is 14.7. The molecule has 0 saturated heterocycles. The first-order valence-corrected chi connectivity index (χ1v) is 10.1.